The quantitative estimate of drug-likeness (QED) is 0.817. The minimum absolute atomic E-state index is 0.489. The molecule has 0 bridgehead atoms. The van der Waals surface area contributed by atoms with Gasteiger partial charge < -0.3 is 10.4 Å². The maximum Gasteiger partial charge on any atom is 0.0962 e. The van der Waals surface area contributed by atoms with E-state index in [9.17, 15) is 5.11 Å². The van der Waals surface area contributed by atoms with Crippen molar-refractivity contribution < 1.29 is 5.11 Å². The summed E-state index contributed by atoms with van der Waals surface area (Å²) in [7, 11) is 0. The predicted octanol–water partition coefficient (Wildman–Crippen LogP) is 4.52. The van der Waals surface area contributed by atoms with E-state index in [0.717, 1.165) is 17.7 Å². The van der Waals surface area contributed by atoms with Gasteiger partial charge in [0.2, 0.25) is 0 Å². The molecule has 2 rings (SSSR count). The molecule has 0 saturated heterocycles. The van der Waals surface area contributed by atoms with Crippen molar-refractivity contribution in [2.75, 3.05) is 11.9 Å². The standard InChI is InChI=1S/C19H25NO/c1-4-15-5-11-18(12-6-15)20-13-19(21)17-9-7-16(8-10-17)14(2)3/h5-12,14,19-21H,4,13H2,1-3H3. The summed E-state index contributed by atoms with van der Waals surface area (Å²) < 4.78 is 0. The number of aliphatic hydroxyl groups is 1. The lowest BCUT2D eigenvalue weighted by molar-refractivity contribution is 0.191. The molecule has 0 aliphatic rings. The number of aryl methyl sites for hydroxylation is 1. The van der Waals surface area contributed by atoms with Gasteiger partial charge >= 0.3 is 0 Å². The highest BCUT2D eigenvalue weighted by Crippen LogP contribution is 2.19. The van der Waals surface area contributed by atoms with Gasteiger partial charge in [-0.1, -0.05) is 57.2 Å². The summed E-state index contributed by atoms with van der Waals surface area (Å²) in [4.78, 5) is 0. The Bertz CT molecular complexity index is 543. The molecule has 21 heavy (non-hydrogen) atoms. The number of hydrogen-bond acceptors (Lipinski definition) is 2. The molecule has 2 N–H and O–H groups in total. The highest BCUT2D eigenvalue weighted by Gasteiger charge is 2.08. The molecular formula is C19H25NO. The van der Waals surface area contributed by atoms with Gasteiger partial charge in [-0.25, -0.2) is 0 Å². The molecular weight excluding hydrogens is 258 g/mol. The Kier molecular flexibility index (Phi) is 5.40. The van der Waals surface area contributed by atoms with Crippen molar-refractivity contribution in [3.05, 3.63) is 65.2 Å². The highest BCUT2D eigenvalue weighted by atomic mass is 16.3. The van der Waals surface area contributed by atoms with Crippen molar-refractivity contribution in [1.29, 1.82) is 0 Å². The van der Waals surface area contributed by atoms with Gasteiger partial charge in [0.05, 0.1) is 6.10 Å². The molecule has 2 heteroatoms. The molecule has 2 nitrogen and oxygen atoms in total. The Morgan fingerprint density at radius 3 is 2.00 bits per heavy atom. The third-order valence-electron chi connectivity index (χ3n) is 3.85. The van der Waals surface area contributed by atoms with Crippen LogP contribution in [0.4, 0.5) is 5.69 Å². The molecule has 0 amide bonds. The summed E-state index contributed by atoms with van der Waals surface area (Å²) in [5, 5.41) is 13.5. The first-order chi connectivity index (χ1) is 10.1. The second-order valence-electron chi connectivity index (χ2n) is 5.77. The molecule has 0 aromatic heterocycles. The van der Waals surface area contributed by atoms with Crippen molar-refractivity contribution in [3.8, 4) is 0 Å². The summed E-state index contributed by atoms with van der Waals surface area (Å²) in [6.45, 7) is 7.01. The summed E-state index contributed by atoms with van der Waals surface area (Å²) in [5.41, 5.74) is 4.63. The van der Waals surface area contributed by atoms with E-state index < -0.39 is 6.10 Å². The van der Waals surface area contributed by atoms with E-state index in [1.165, 1.54) is 11.1 Å². The summed E-state index contributed by atoms with van der Waals surface area (Å²) in [6, 6.07) is 16.6. The predicted molar refractivity (Wildman–Crippen MR) is 89.8 cm³/mol. The van der Waals surface area contributed by atoms with Crippen molar-refractivity contribution in [1.82, 2.24) is 0 Å². The number of aliphatic hydroxyl groups excluding tert-OH is 1. The first-order valence-electron chi connectivity index (χ1n) is 7.71. The number of nitrogens with one attached hydrogen (secondary N) is 1. The molecule has 0 aliphatic carbocycles. The molecule has 0 heterocycles. The maximum absolute atomic E-state index is 10.2. The van der Waals surface area contributed by atoms with Gasteiger partial charge in [-0.3, -0.25) is 0 Å². The largest absolute Gasteiger partial charge is 0.387 e. The van der Waals surface area contributed by atoms with Crippen LogP contribution in [-0.4, -0.2) is 11.7 Å². The van der Waals surface area contributed by atoms with Crippen molar-refractivity contribution in [2.45, 2.75) is 39.2 Å². The molecule has 0 aliphatic heterocycles. The zero-order valence-electron chi connectivity index (χ0n) is 13.1. The Morgan fingerprint density at radius 1 is 0.905 bits per heavy atom. The van der Waals surface area contributed by atoms with Crippen LogP contribution in [0.3, 0.4) is 0 Å². The minimum Gasteiger partial charge on any atom is -0.387 e. The van der Waals surface area contributed by atoms with E-state index in [4.69, 9.17) is 0 Å². The Hall–Kier alpha value is -1.80. The van der Waals surface area contributed by atoms with Crippen molar-refractivity contribution in [2.24, 2.45) is 0 Å². The highest BCUT2D eigenvalue weighted by molar-refractivity contribution is 5.45. The van der Waals surface area contributed by atoms with Crippen molar-refractivity contribution in [3.63, 3.8) is 0 Å². The van der Waals surface area contributed by atoms with Crippen LogP contribution in [0.1, 0.15) is 49.5 Å². The third-order valence-corrected chi connectivity index (χ3v) is 3.85. The molecule has 0 fully saturated rings. The second kappa shape index (κ2) is 7.28. The number of anilines is 1. The summed E-state index contributed by atoms with van der Waals surface area (Å²) >= 11 is 0. The Labute approximate surface area is 127 Å². The SMILES string of the molecule is CCc1ccc(NCC(O)c2ccc(C(C)C)cc2)cc1. The van der Waals surface area contributed by atoms with Gasteiger partial charge in [-0.15, -0.1) is 0 Å². The first kappa shape index (κ1) is 15.6. The van der Waals surface area contributed by atoms with Gasteiger partial charge in [0, 0.05) is 12.2 Å². The monoisotopic (exact) mass is 283 g/mol. The molecule has 2 aromatic rings. The zero-order valence-corrected chi connectivity index (χ0v) is 13.1. The van der Waals surface area contributed by atoms with Crippen LogP contribution in [0.15, 0.2) is 48.5 Å². The third kappa shape index (κ3) is 4.33. The van der Waals surface area contributed by atoms with Crippen LogP contribution in [-0.2, 0) is 6.42 Å². The van der Waals surface area contributed by atoms with E-state index in [-0.39, 0.29) is 0 Å². The van der Waals surface area contributed by atoms with Crippen LogP contribution in [0.5, 0.6) is 0 Å². The first-order valence-corrected chi connectivity index (χ1v) is 7.71. The average Bonchev–Trinajstić information content (AvgIpc) is 2.53. The second-order valence-corrected chi connectivity index (χ2v) is 5.77. The van der Waals surface area contributed by atoms with Crippen molar-refractivity contribution >= 4 is 5.69 Å². The fourth-order valence-electron chi connectivity index (χ4n) is 2.29. The van der Waals surface area contributed by atoms with E-state index in [2.05, 4.69) is 62.5 Å². The van der Waals surface area contributed by atoms with Crippen LogP contribution in [0.25, 0.3) is 0 Å². The van der Waals surface area contributed by atoms with E-state index >= 15 is 0 Å². The van der Waals surface area contributed by atoms with E-state index in [1.807, 2.05) is 12.1 Å². The fraction of sp³-hybridized carbons (Fsp3) is 0.368. The molecule has 1 atom stereocenters. The molecule has 0 radical (unpaired) electrons. The lowest BCUT2D eigenvalue weighted by atomic mass is 10.00. The molecule has 2 aromatic carbocycles. The van der Waals surface area contributed by atoms with Gasteiger partial charge in [-0.2, -0.15) is 0 Å². The van der Waals surface area contributed by atoms with Gasteiger partial charge in [0.25, 0.3) is 0 Å². The zero-order chi connectivity index (χ0) is 15.2. The summed E-state index contributed by atoms with van der Waals surface area (Å²) in [5.74, 6) is 0.520. The lowest BCUT2D eigenvalue weighted by Crippen LogP contribution is -2.12. The fourth-order valence-corrected chi connectivity index (χ4v) is 2.29. The average molecular weight is 283 g/mol. The molecule has 0 saturated carbocycles. The molecule has 112 valence electrons. The number of benzene rings is 2. The number of hydrogen-bond donors (Lipinski definition) is 2. The van der Waals surface area contributed by atoms with Crippen LogP contribution < -0.4 is 5.32 Å². The molecule has 0 spiro atoms. The number of rotatable bonds is 6. The van der Waals surface area contributed by atoms with Crippen LogP contribution >= 0.6 is 0 Å². The van der Waals surface area contributed by atoms with Crippen LogP contribution in [0.2, 0.25) is 0 Å². The minimum atomic E-state index is -0.489. The lowest BCUT2D eigenvalue weighted by Gasteiger charge is -2.14. The maximum atomic E-state index is 10.2. The van der Waals surface area contributed by atoms with Gasteiger partial charge in [-0.05, 0) is 41.2 Å². The normalized spacial score (nSPS) is 12.4. The van der Waals surface area contributed by atoms with E-state index in [0.29, 0.717) is 12.5 Å². The van der Waals surface area contributed by atoms with E-state index in [1.54, 1.807) is 0 Å². The van der Waals surface area contributed by atoms with Crippen LogP contribution in [0, 0.1) is 0 Å². The smallest absolute Gasteiger partial charge is 0.0962 e. The summed E-state index contributed by atoms with van der Waals surface area (Å²) in [6.07, 6.45) is 0.558. The van der Waals surface area contributed by atoms with Gasteiger partial charge in [0.15, 0.2) is 0 Å². The Balaban J connectivity index is 1.92. The Morgan fingerprint density at radius 2 is 1.48 bits per heavy atom. The van der Waals surface area contributed by atoms with Gasteiger partial charge in [0.1, 0.15) is 0 Å². The molecule has 1 unspecified atom stereocenters. The topological polar surface area (TPSA) is 32.3 Å².